The van der Waals surface area contributed by atoms with Gasteiger partial charge in [-0.2, -0.15) is 0 Å². The van der Waals surface area contributed by atoms with Crippen molar-refractivity contribution in [1.82, 2.24) is 0 Å². The minimum absolute atomic E-state index is 0.0903. The molecule has 0 aliphatic heterocycles. The molecule has 0 spiro atoms. The van der Waals surface area contributed by atoms with E-state index < -0.39 is 11.4 Å². The van der Waals surface area contributed by atoms with E-state index in [1.165, 1.54) is 0 Å². The zero-order valence-corrected chi connectivity index (χ0v) is 9.77. The van der Waals surface area contributed by atoms with Gasteiger partial charge in [-0.05, 0) is 23.7 Å². The second-order valence-electron chi connectivity index (χ2n) is 5.16. The lowest BCUT2D eigenvalue weighted by Gasteiger charge is -2.65. The SMILES string of the molecule is CC12CCC(C(=O)[O-])(C1Br)C2(C)C. The molecule has 2 bridgehead atoms. The quantitative estimate of drug-likeness (QED) is 0.655. The highest BCUT2D eigenvalue weighted by molar-refractivity contribution is 9.09. The van der Waals surface area contributed by atoms with Crippen LogP contribution in [0.3, 0.4) is 0 Å². The van der Waals surface area contributed by atoms with Crippen molar-refractivity contribution in [2.45, 2.75) is 38.4 Å². The van der Waals surface area contributed by atoms with Gasteiger partial charge in [-0.15, -0.1) is 0 Å². The molecule has 3 aliphatic rings. The molecule has 0 radical (unpaired) electrons. The van der Waals surface area contributed by atoms with Gasteiger partial charge in [0.1, 0.15) is 0 Å². The van der Waals surface area contributed by atoms with Crippen LogP contribution < -0.4 is 5.11 Å². The van der Waals surface area contributed by atoms with E-state index in [4.69, 9.17) is 0 Å². The van der Waals surface area contributed by atoms with Gasteiger partial charge < -0.3 is 9.90 Å². The third kappa shape index (κ3) is 0.641. The van der Waals surface area contributed by atoms with Gasteiger partial charge in [-0.1, -0.05) is 36.7 Å². The van der Waals surface area contributed by atoms with E-state index in [-0.39, 0.29) is 15.7 Å². The van der Waals surface area contributed by atoms with E-state index >= 15 is 0 Å². The maximum absolute atomic E-state index is 11.2. The highest BCUT2D eigenvalue weighted by Crippen LogP contribution is 2.79. The minimum atomic E-state index is -0.880. The standard InChI is InChI=1S/C10H15BrO2/c1-8(2)9(3)4-5-10(8,6(9)11)7(12)13/h6H,4-5H2,1-3H3,(H,12,13)/p-1. The molecule has 3 aliphatic carbocycles. The molecule has 3 unspecified atom stereocenters. The van der Waals surface area contributed by atoms with Gasteiger partial charge in [0.15, 0.2) is 0 Å². The zero-order valence-electron chi connectivity index (χ0n) is 8.19. The summed E-state index contributed by atoms with van der Waals surface area (Å²) >= 11 is 3.52. The second kappa shape index (κ2) is 2.13. The van der Waals surface area contributed by atoms with Crippen molar-refractivity contribution in [2.24, 2.45) is 16.2 Å². The molecule has 74 valence electrons. The van der Waals surface area contributed by atoms with Gasteiger partial charge in [0.2, 0.25) is 0 Å². The number of halogens is 1. The largest absolute Gasteiger partial charge is 0.549 e. The molecule has 3 atom stereocenters. The Morgan fingerprint density at radius 3 is 2.08 bits per heavy atom. The van der Waals surface area contributed by atoms with Gasteiger partial charge in [0, 0.05) is 16.2 Å². The molecule has 0 heterocycles. The smallest absolute Gasteiger partial charge is 0.0493 e. The molecule has 2 nitrogen and oxygen atoms in total. The summed E-state index contributed by atoms with van der Waals surface area (Å²) in [6.45, 7) is 6.27. The Hall–Kier alpha value is -0.0500. The molecule has 0 aromatic heterocycles. The summed E-state index contributed by atoms with van der Waals surface area (Å²) in [5.74, 6) is -0.880. The molecule has 0 N–H and O–H groups in total. The fraction of sp³-hybridized carbons (Fsp3) is 0.900. The summed E-state index contributed by atoms with van der Waals surface area (Å²) in [5.41, 5.74) is -0.623. The van der Waals surface area contributed by atoms with Crippen molar-refractivity contribution in [3.8, 4) is 0 Å². The van der Waals surface area contributed by atoms with Crippen molar-refractivity contribution in [2.75, 3.05) is 0 Å². The first-order chi connectivity index (χ1) is 5.81. The summed E-state index contributed by atoms with van der Waals surface area (Å²) in [4.78, 5) is 11.3. The Bertz CT molecular complexity index is 287. The number of fused-ring (bicyclic) bond motifs is 1. The number of alkyl halides is 1. The lowest BCUT2D eigenvalue weighted by molar-refractivity contribution is -0.334. The normalized spacial score (nSPS) is 51.5. The van der Waals surface area contributed by atoms with Gasteiger partial charge in [0.25, 0.3) is 0 Å². The molecular formula is C10H14BrO2-. The average molecular weight is 246 g/mol. The highest BCUT2D eigenvalue weighted by Gasteiger charge is 2.77. The maximum atomic E-state index is 11.2. The Labute approximate surface area is 86.8 Å². The molecular weight excluding hydrogens is 232 g/mol. The van der Waals surface area contributed by atoms with E-state index in [2.05, 4.69) is 22.9 Å². The fourth-order valence-electron chi connectivity index (χ4n) is 3.41. The summed E-state index contributed by atoms with van der Waals surface area (Å²) in [7, 11) is 0. The van der Waals surface area contributed by atoms with E-state index in [9.17, 15) is 9.90 Å². The average Bonchev–Trinajstić information content (AvgIpc) is 2.39. The van der Waals surface area contributed by atoms with Crippen molar-refractivity contribution in [3.05, 3.63) is 0 Å². The monoisotopic (exact) mass is 245 g/mol. The van der Waals surface area contributed by atoms with Crippen molar-refractivity contribution < 1.29 is 9.90 Å². The molecule has 3 heteroatoms. The van der Waals surface area contributed by atoms with Crippen LogP contribution in [0.1, 0.15) is 33.6 Å². The predicted molar refractivity (Wildman–Crippen MR) is 51.3 cm³/mol. The first-order valence-corrected chi connectivity index (χ1v) is 5.58. The Kier molecular flexibility index (Phi) is 1.56. The molecule has 13 heavy (non-hydrogen) atoms. The van der Waals surface area contributed by atoms with Crippen molar-refractivity contribution >= 4 is 21.9 Å². The van der Waals surface area contributed by atoms with Crippen LogP contribution in [0.4, 0.5) is 0 Å². The van der Waals surface area contributed by atoms with Crippen LogP contribution in [0.5, 0.6) is 0 Å². The van der Waals surface area contributed by atoms with Crippen LogP contribution in [0, 0.1) is 16.2 Å². The minimum Gasteiger partial charge on any atom is -0.549 e. The third-order valence-corrected chi connectivity index (χ3v) is 6.73. The molecule has 0 amide bonds. The van der Waals surface area contributed by atoms with Crippen LogP contribution >= 0.6 is 15.9 Å². The number of hydrogen-bond acceptors (Lipinski definition) is 2. The first kappa shape index (κ1) is 9.50. The zero-order chi connectivity index (χ0) is 10.1. The first-order valence-electron chi connectivity index (χ1n) is 4.66. The molecule has 0 aromatic carbocycles. The Balaban J connectivity index is 2.50. The van der Waals surface area contributed by atoms with Gasteiger partial charge in [-0.25, -0.2) is 0 Å². The number of carbonyl (C=O) groups excluding carboxylic acids is 1. The van der Waals surface area contributed by atoms with Gasteiger partial charge in [-0.3, -0.25) is 0 Å². The molecule has 0 aromatic rings. The predicted octanol–water partition coefficient (Wildman–Crippen LogP) is 1.33. The summed E-state index contributed by atoms with van der Waals surface area (Å²) in [5, 5.41) is 11.2. The molecule has 3 rings (SSSR count). The van der Waals surface area contributed by atoms with Crippen molar-refractivity contribution in [3.63, 3.8) is 0 Å². The number of rotatable bonds is 1. The van der Waals surface area contributed by atoms with Crippen LogP contribution in [-0.4, -0.2) is 10.8 Å². The third-order valence-electron chi connectivity index (χ3n) is 4.94. The van der Waals surface area contributed by atoms with Crippen molar-refractivity contribution in [1.29, 1.82) is 0 Å². The van der Waals surface area contributed by atoms with Gasteiger partial charge in [0.05, 0.1) is 0 Å². The number of carbonyl (C=O) groups is 1. The van der Waals surface area contributed by atoms with Gasteiger partial charge >= 0.3 is 0 Å². The molecule has 3 saturated carbocycles. The van der Waals surface area contributed by atoms with Crippen LogP contribution in [0.15, 0.2) is 0 Å². The van der Waals surface area contributed by atoms with E-state index in [1.54, 1.807) is 0 Å². The van der Waals surface area contributed by atoms with Crippen LogP contribution in [-0.2, 0) is 4.79 Å². The number of aliphatic carboxylic acids is 1. The Morgan fingerprint density at radius 2 is 1.92 bits per heavy atom. The fourth-order valence-corrected chi connectivity index (χ4v) is 5.19. The highest BCUT2D eigenvalue weighted by atomic mass is 79.9. The number of hydrogen-bond donors (Lipinski definition) is 0. The van der Waals surface area contributed by atoms with E-state index in [0.717, 1.165) is 12.8 Å². The van der Waals surface area contributed by atoms with E-state index in [0.29, 0.717) is 0 Å². The van der Waals surface area contributed by atoms with Crippen LogP contribution in [0.25, 0.3) is 0 Å². The lowest BCUT2D eigenvalue weighted by Crippen LogP contribution is -2.69. The molecule has 3 fully saturated rings. The number of carboxylic acid groups (broad SMARTS) is 1. The Morgan fingerprint density at radius 1 is 1.38 bits per heavy atom. The number of carboxylic acids is 1. The second-order valence-corrected chi connectivity index (χ2v) is 6.08. The summed E-state index contributed by atoms with van der Waals surface area (Å²) in [6.07, 6.45) is 1.75. The lowest BCUT2D eigenvalue weighted by atomic mass is 9.44. The van der Waals surface area contributed by atoms with E-state index in [1.807, 2.05) is 13.8 Å². The summed E-state index contributed by atoms with van der Waals surface area (Å²) in [6, 6.07) is 0. The summed E-state index contributed by atoms with van der Waals surface area (Å²) < 4.78 is 0. The maximum Gasteiger partial charge on any atom is 0.0493 e. The topological polar surface area (TPSA) is 40.1 Å². The molecule has 0 saturated heterocycles. The van der Waals surface area contributed by atoms with Crippen LogP contribution in [0.2, 0.25) is 0 Å².